The van der Waals surface area contributed by atoms with E-state index in [0.717, 1.165) is 0 Å². The van der Waals surface area contributed by atoms with Gasteiger partial charge in [-0.1, -0.05) is 19.1 Å². The van der Waals surface area contributed by atoms with Crippen LogP contribution in [0.25, 0.3) is 0 Å². The molecular formula is C11H6F5NS2. The standard InChI is InChI=1S/C11H6F5NS2/c1-4(2-3-17)19-11(18)5-6(12)8(14)10(16)9(15)7(5)13/h4H,2H2,1H3. The van der Waals surface area contributed by atoms with Crippen molar-refractivity contribution in [1.82, 2.24) is 0 Å². The molecule has 0 aliphatic carbocycles. The monoisotopic (exact) mass is 311 g/mol. The molecule has 1 rings (SSSR count). The Morgan fingerprint density at radius 3 is 1.95 bits per heavy atom. The Morgan fingerprint density at radius 1 is 1.11 bits per heavy atom. The first-order chi connectivity index (χ1) is 8.81. The van der Waals surface area contributed by atoms with Gasteiger partial charge in [-0.3, -0.25) is 0 Å². The number of thiocarbonyl (C=S) groups is 1. The summed E-state index contributed by atoms with van der Waals surface area (Å²) < 4.78 is 65.1. The summed E-state index contributed by atoms with van der Waals surface area (Å²) in [7, 11) is 0. The molecule has 0 spiro atoms. The van der Waals surface area contributed by atoms with E-state index >= 15 is 0 Å². The predicted molar refractivity (Wildman–Crippen MR) is 65.2 cm³/mol. The molecule has 1 nitrogen and oxygen atoms in total. The third-order valence-corrected chi connectivity index (χ3v) is 3.58. The summed E-state index contributed by atoms with van der Waals surface area (Å²) in [5.41, 5.74) is -1.12. The molecule has 0 saturated heterocycles. The van der Waals surface area contributed by atoms with Crippen molar-refractivity contribution < 1.29 is 22.0 Å². The number of thioether (sulfide) groups is 1. The van der Waals surface area contributed by atoms with Gasteiger partial charge in [-0.15, -0.1) is 11.8 Å². The van der Waals surface area contributed by atoms with E-state index in [2.05, 4.69) is 12.2 Å². The summed E-state index contributed by atoms with van der Waals surface area (Å²) in [6.45, 7) is 1.55. The highest BCUT2D eigenvalue weighted by Crippen LogP contribution is 2.29. The first-order valence-corrected chi connectivity index (χ1v) is 6.19. The van der Waals surface area contributed by atoms with Crippen molar-refractivity contribution in [3.8, 4) is 6.07 Å². The smallest absolute Gasteiger partial charge is 0.200 e. The first kappa shape index (κ1) is 15.9. The Labute approximate surface area is 115 Å². The van der Waals surface area contributed by atoms with Crippen LogP contribution in [0.15, 0.2) is 0 Å². The van der Waals surface area contributed by atoms with Gasteiger partial charge in [-0.05, 0) is 0 Å². The SMILES string of the molecule is CC(CC#N)SC(=S)c1c(F)c(F)c(F)c(F)c1F. The molecule has 0 aliphatic rings. The summed E-state index contributed by atoms with van der Waals surface area (Å²) in [4.78, 5) is 0. The lowest BCUT2D eigenvalue weighted by atomic mass is 10.2. The van der Waals surface area contributed by atoms with E-state index in [9.17, 15) is 22.0 Å². The van der Waals surface area contributed by atoms with Crippen LogP contribution in [-0.4, -0.2) is 9.45 Å². The molecule has 0 heterocycles. The largest absolute Gasteiger partial charge is 0.203 e. The molecule has 0 saturated carbocycles. The second-order valence-electron chi connectivity index (χ2n) is 3.52. The van der Waals surface area contributed by atoms with E-state index in [1.54, 1.807) is 6.92 Å². The highest BCUT2D eigenvalue weighted by molar-refractivity contribution is 8.24. The molecule has 1 atom stereocenters. The normalized spacial score (nSPS) is 12.1. The maximum atomic E-state index is 13.4. The second-order valence-corrected chi connectivity index (χ2v) is 5.64. The van der Waals surface area contributed by atoms with Crippen molar-refractivity contribution in [2.24, 2.45) is 0 Å². The third-order valence-electron chi connectivity index (χ3n) is 2.10. The first-order valence-electron chi connectivity index (χ1n) is 4.90. The topological polar surface area (TPSA) is 23.8 Å². The van der Waals surface area contributed by atoms with Crippen molar-refractivity contribution in [1.29, 1.82) is 5.26 Å². The van der Waals surface area contributed by atoms with Gasteiger partial charge in [-0.2, -0.15) is 5.26 Å². The highest BCUT2D eigenvalue weighted by atomic mass is 32.2. The molecule has 102 valence electrons. The van der Waals surface area contributed by atoms with Gasteiger partial charge < -0.3 is 0 Å². The fourth-order valence-electron chi connectivity index (χ4n) is 1.20. The highest BCUT2D eigenvalue weighted by Gasteiger charge is 2.28. The summed E-state index contributed by atoms with van der Waals surface area (Å²) in [5.74, 6) is -10.2. The van der Waals surface area contributed by atoms with Crippen LogP contribution in [0.1, 0.15) is 18.9 Å². The molecule has 0 aliphatic heterocycles. The van der Waals surface area contributed by atoms with Crippen LogP contribution in [0.2, 0.25) is 0 Å². The lowest BCUT2D eigenvalue weighted by Gasteiger charge is -2.11. The molecule has 19 heavy (non-hydrogen) atoms. The molecule has 0 aromatic heterocycles. The minimum Gasteiger partial charge on any atom is -0.203 e. The molecule has 0 bridgehead atoms. The summed E-state index contributed by atoms with van der Waals surface area (Å²) in [6.07, 6.45) is 0.0280. The van der Waals surface area contributed by atoms with Gasteiger partial charge in [-0.25, -0.2) is 22.0 Å². The number of rotatable bonds is 3. The van der Waals surface area contributed by atoms with E-state index in [1.807, 2.05) is 6.07 Å². The Morgan fingerprint density at radius 2 is 1.53 bits per heavy atom. The van der Waals surface area contributed by atoms with Crippen LogP contribution in [0.4, 0.5) is 22.0 Å². The van der Waals surface area contributed by atoms with E-state index in [-0.39, 0.29) is 6.42 Å². The molecule has 8 heteroatoms. The summed E-state index contributed by atoms with van der Waals surface area (Å²) >= 11 is 5.37. The zero-order valence-corrected chi connectivity index (χ0v) is 11.1. The van der Waals surface area contributed by atoms with Crippen molar-refractivity contribution in [3.05, 3.63) is 34.6 Å². The van der Waals surface area contributed by atoms with Crippen LogP contribution in [-0.2, 0) is 0 Å². The van der Waals surface area contributed by atoms with Crippen LogP contribution >= 0.6 is 24.0 Å². The van der Waals surface area contributed by atoms with Crippen LogP contribution in [0.3, 0.4) is 0 Å². The molecule has 0 amide bonds. The molecule has 0 fully saturated rings. The number of hydrogen-bond acceptors (Lipinski definition) is 3. The number of benzene rings is 1. The quantitative estimate of drug-likeness (QED) is 0.363. The van der Waals surface area contributed by atoms with Gasteiger partial charge in [0.15, 0.2) is 23.3 Å². The average Bonchev–Trinajstić information content (AvgIpc) is 2.34. The molecule has 1 aromatic carbocycles. The van der Waals surface area contributed by atoms with Gasteiger partial charge in [0.05, 0.1) is 15.8 Å². The fraction of sp³-hybridized carbons (Fsp3) is 0.273. The fourth-order valence-corrected chi connectivity index (χ4v) is 2.69. The van der Waals surface area contributed by atoms with Gasteiger partial charge in [0, 0.05) is 11.7 Å². The zero-order valence-electron chi connectivity index (χ0n) is 9.44. The minimum atomic E-state index is -2.23. The van der Waals surface area contributed by atoms with Gasteiger partial charge >= 0.3 is 0 Å². The summed E-state index contributed by atoms with van der Waals surface area (Å²) in [6, 6.07) is 1.81. The van der Waals surface area contributed by atoms with Crippen molar-refractivity contribution in [2.75, 3.05) is 0 Å². The number of nitriles is 1. The molecule has 1 aromatic rings. The Kier molecular flexibility index (Phi) is 5.26. The van der Waals surface area contributed by atoms with Crippen LogP contribution in [0, 0.1) is 40.4 Å². The Bertz CT molecular complexity index is 538. The van der Waals surface area contributed by atoms with E-state index in [0.29, 0.717) is 11.8 Å². The molecule has 1 unspecified atom stereocenters. The lowest BCUT2D eigenvalue weighted by Crippen LogP contribution is -2.12. The Balaban J connectivity index is 3.22. The minimum absolute atomic E-state index is 0.0280. The Hall–Kier alpha value is -1.20. The van der Waals surface area contributed by atoms with Gasteiger partial charge in [0.2, 0.25) is 5.82 Å². The number of nitrogens with zero attached hydrogens (tertiary/aromatic N) is 1. The number of halogens is 5. The van der Waals surface area contributed by atoms with Crippen LogP contribution in [0.5, 0.6) is 0 Å². The molecular weight excluding hydrogens is 305 g/mol. The van der Waals surface area contributed by atoms with Crippen molar-refractivity contribution in [2.45, 2.75) is 18.6 Å². The van der Waals surface area contributed by atoms with Gasteiger partial charge in [0.25, 0.3) is 0 Å². The molecule has 0 radical (unpaired) electrons. The van der Waals surface area contributed by atoms with Crippen molar-refractivity contribution >= 4 is 28.2 Å². The maximum Gasteiger partial charge on any atom is 0.200 e. The lowest BCUT2D eigenvalue weighted by molar-refractivity contribution is 0.377. The van der Waals surface area contributed by atoms with Crippen molar-refractivity contribution in [3.63, 3.8) is 0 Å². The average molecular weight is 311 g/mol. The van der Waals surface area contributed by atoms with E-state index in [4.69, 9.17) is 5.26 Å². The molecule has 0 N–H and O–H groups in total. The second kappa shape index (κ2) is 6.30. The zero-order chi connectivity index (χ0) is 14.7. The van der Waals surface area contributed by atoms with Gasteiger partial charge in [0.1, 0.15) is 0 Å². The summed E-state index contributed by atoms with van der Waals surface area (Å²) in [5, 5.41) is 8.01. The predicted octanol–water partition coefficient (Wildman–Crippen LogP) is 4.09. The maximum absolute atomic E-state index is 13.4. The third kappa shape index (κ3) is 3.22. The number of hydrogen-bond donors (Lipinski definition) is 0. The van der Waals surface area contributed by atoms with Crippen LogP contribution < -0.4 is 0 Å². The van der Waals surface area contributed by atoms with E-state index < -0.39 is 44.1 Å². The van der Waals surface area contributed by atoms with E-state index in [1.165, 1.54) is 0 Å².